The molecule has 0 saturated carbocycles. The number of nitrogens with one attached hydrogen (secondary N) is 1. The number of hydrogen-bond donors (Lipinski definition) is 1. The third-order valence-corrected chi connectivity index (χ3v) is 4.92. The Morgan fingerprint density at radius 1 is 1.22 bits per heavy atom. The summed E-state index contributed by atoms with van der Waals surface area (Å²) in [4.78, 5) is 26.0. The molecule has 8 heteroatoms. The highest BCUT2D eigenvalue weighted by atomic mass is 35.5. The Bertz CT molecular complexity index is 899. The van der Waals surface area contributed by atoms with E-state index in [4.69, 9.17) is 11.6 Å². The summed E-state index contributed by atoms with van der Waals surface area (Å²) in [5.74, 6) is -1.43. The zero-order valence-electron chi connectivity index (χ0n) is 14.3. The second kappa shape index (κ2) is 7.23. The monoisotopic (exact) mass is 396 g/mol. The fourth-order valence-corrected chi connectivity index (χ4v) is 3.14. The summed E-state index contributed by atoms with van der Waals surface area (Å²) in [6.45, 7) is 1.78. The molecule has 27 heavy (non-hydrogen) atoms. The Hall–Kier alpha value is -2.54. The van der Waals surface area contributed by atoms with E-state index in [1.807, 2.05) is 0 Å². The van der Waals surface area contributed by atoms with Gasteiger partial charge in [0.25, 0.3) is 0 Å². The molecule has 0 radical (unpaired) electrons. The summed E-state index contributed by atoms with van der Waals surface area (Å²) in [5.41, 5.74) is 0.531. The van der Waals surface area contributed by atoms with E-state index in [0.717, 1.165) is 12.1 Å². The molecule has 0 aliphatic carbocycles. The van der Waals surface area contributed by atoms with E-state index in [1.165, 1.54) is 17.0 Å². The minimum atomic E-state index is -4.50. The molecule has 1 atom stereocenters. The number of halogens is 4. The van der Waals surface area contributed by atoms with E-state index < -0.39 is 23.6 Å². The van der Waals surface area contributed by atoms with Crippen molar-refractivity contribution in [1.82, 2.24) is 0 Å². The fraction of sp³-hybridized carbons (Fsp3) is 0.263. The summed E-state index contributed by atoms with van der Waals surface area (Å²) in [6, 6.07) is 9.61. The van der Waals surface area contributed by atoms with Crippen LogP contribution in [-0.4, -0.2) is 18.4 Å². The molecule has 1 heterocycles. The van der Waals surface area contributed by atoms with Gasteiger partial charge in [-0.25, -0.2) is 0 Å². The number of anilines is 2. The average molecular weight is 397 g/mol. The van der Waals surface area contributed by atoms with E-state index >= 15 is 0 Å². The van der Waals surface area contributed by atoms with Crippen molar-refractivity contribution in [2.75, 3.05) is 16.8 Å². The first-order valence-corrected chi connectivity index (χ1v) is 8.58. The third-order valence-electron chi connectivity index (χ3n) is 4.51. The molecule has 1 unspecified atom stereocenters. The SMILES string of the molecule is Cc1c(Cl)cccc1NC(=O)C1CC(=O)N(c2cccc(C(F)(F)F)c2)C1. The molecule has 2 aromatic carbocycles. The molecule has 1 aliphatic heterocycles. The maximum Gasteiger partial charge on any atom is 0.416 e. The molecule has 142 valence electrons. The van der Waals surface area contributed by atoms with Gasteiger partial charge in [0, 0.05) is 29.4 Å². The Kier molecular flexibility index (Phi) is 5.15. The second-order valence-electron chi connectivity index (χ2n) is 6.36. The van der Waals surface area contributed by atoms with Gasteiger partial charge in [0.2, 0.25) is 11.8 Å². The number of nitrogens with zero attached hydrogens (tertiary/aromatic N) is 1. The van der Waals surface area contributed by atoms with Gasteiger partial charge >= 0.3 is 6.18 Å². The zero-order chi connectivity index (χ0) is 19.8. The molecule has 2 aromatic rings. The maximum absolute atomic E-state index is 12.9. The minimum Gasteiger partial charge on any atom is -0.325 e. The van der Waals surface area contributed by atoms with Crippen molar-refractivity contribution < 1.29 is 22.8 Å². The topological polar surface area (TPSA) is 49.4 Å². The Morgan fingerprint density at radius 2 is 1.93 bits per heavy atom. The lowest BCUT2D eigenvalue weighted by molar-refractivity contribution is -0.137. The maximum atomic E-state index is 12.9. The van der Waals surface area contributed by atoms with Crippen LogP contribution in [0.25, 0.3) is 0 Å². The van der Waals surface area contributed by atoms with Crippen molar-refractivity contribution in [3.05, 3.63) is 58.6 Å². The van der Waals surface area contributed by atoms with Crippen molar-refractivity contribution in [2.24, 2.45) is 5.92 Å². The van der Waals surface area contributed by atoms with Crippen molar-refractivity contribution in [2.45, 2.75) is 19.5 Å². The van der Waals surface area contributed by atoms with E-state index in [9.17, 15) is 22.8 Å². The molecule has 0 bridgehead atoms. The number of alkyl halides is 3. The van der Waals surface area contributed by atoms with Gasteiger partial charge in [0.05, 0.1) is 11.5 Å². The van der Waals surface area contributed by atoms with E-state index in [2.05, 4.69) is 5.32 Å². The molecule has 0 spiro atoms. The number of benzene rings is 2. The quantitative estimate of drug-likeness (QED) is 0.820. The van der Waals surface area contributed by atoms with Crippen LogP contribution in [0.4, 0.5) is 24.5 Å². The Morgan fingerprint density at radius 3 is 2.63 bits per heavy atom. The van der Waals surface area contributed by atoms with Crippen LogP contribution in [0.1, 0.15) is 17.5 Å². The van der Waals surface area contributed by atoms with Gasteiger partial charge in [-0.1, -0.05) is 23.7 Å². The van der Waals surface area contributed by atoms with Crippen LogP contribution in [0.3, 0.4) is 0 Å². The van der Waals surface area contributed by atoms with E-state index in [-0.39, 0.29) is 24.6 Å². The summed E-state index contributed by atoms with van der Waals surface area (Å²) in [7, 11) is 0. The third kappa shape index (κ3) is 4.08. The number of rotatable bonds is 3. The Balaban J connectivity index is 1.75. The lowest BCUT2D eigenvalue weighted by Gasteiger charge is -2.18. The van der Waals surface area contributed by atoms with Crippen LogP contribution < -0.4 is 10.2 Å². The summed E-state index contributed by atoms with van der Waals surface area (Å²) in [6.07, 6.45) is -4.57. The smallest absolute Gasteiger partial charge is 0.325 e. The van der Waals surface area contributed by atoms with Gasteiger partial charge in [-0.3, -0.25) is 9.59 Å². The minimum absolute atomic E-state index is 0.0194. The predicted molar refractivity (Wildman–Crippen MR) is 96.7 cm³/mol. The van der Waals surface area contributed by atoms with Gasteiger partial charge in [-0.05, 0) is 42.8 Å². The largest absolute Gasteiger partial charge is 0.416 e. The average Bonchev–Trinajstić information content (AvgIpc) is 3.00. The van der Waals surface area contributed by atoms with Gasteiger partial charge in [-0.2, -0.15) is 13.2 Å². The highest BCUT2D eigenvalue weighted by Crippen LogP contribution is 2.34. The number of amides is 2. The van der Waals surface area contributed by atoms with Crippen LogP contribution in [-0.2, 0) is 15.8 Å². The highest BCUT2D eigenvalue weighted by Gasteiger charge is 2.37. The van der Waals surface area contributed by atoms with Gasteiger partial charge in [0.1, 0.15) is 0 Å². The second-order valence-corrected chi connectivity index (χ2v) is 6.76. The van der Waals surface area contributed by atoms with Crippen LogP contribution in [0.15, 0.2) is 42.5 Å². The predicted octanol–water partition coefficient (Wildman–Crippen LogP) is 4.66. The molecule has 1 aliphatic rings. The van der Waals surface area contributed by atoms with Gasteiger partial charge in [0.15, 0.2) is 0 Å². The van der Waals surface area contributed by atoms with Gasteiger partial charge in [-0.15, -0.1) is 0 Å². The van der Waals surface area contributed by atoms with Crippen LogP contribution in [0.2, 0.25) is 5.02 Å². The van der Waals surface area contributed by atoms with Gasteiger partial charge < -0.3 is 10.2 Å². The summed E-state index contributed by atoms with van der Waals surface area (Å²) < 4.78 is 38.7. The first-order chi connectivity index (χ1) is 12.7. The van der Waals surface area contributed by atoms with E-state index in [1.54, 1.807) is 25.1 Å². The number of hydrogen-bond acceptors (Lipinski definition) is 2. The molecule has 3 rings (SSSR count). The molecule has 1 N–H and O–H groups in total. The van der Waals surface area contributed by atoms with Crippen molar-refractivity contribution >= 4 is 34.8 Å². The van der Waals surface area contributed by atoms with Crippen molar-refractivity contribution in [3.63, 3.8) is 0 Å². The Labute approximate surface area is 158 Å². The number of carbonyl (C=O) groups is 2. The fourth-order valence-electron chi connectivity index (χ4n) is 2.96. The molecule has 0 aromatic heterocycles. The zero-order valence-corrected chi connectivity index (χ0v) is 15.1. The molecule has 4 nitrogen and oxygen atoms in total. The van der Waals surface area contributed by atoms with Crippen LogP contribution >= 0.6 is 11.6 Å². The first kappa shape index (κ1) is 19.2. The molecule has 2 amide bonds. The normalized spacial score (nSPS) is 17.3. The summed E-state index contributed by atoms with van der Waals surface area (Å²) in [5, 5.41) is 3.24. The summed E-state index contributed by atoms with van der Waals surface area (Å²) >= 11 is 6.03. The highest BCUT2D eigenvalue weighted by molar-refractivity contribution is 6.31. The molecule has 1 fully saturated rings. The standard InChI is InChI=1S/C19H16ClF3N2O2/c1-11-15(20)6-3-7-16(11)24-18(27)12-8-17(26)25(10-12)14-5-2-4-13(9-14)19(21,22)23/h2-7,9,12H,8,10H2,1H3,(H,24,27). The lowest BCUT2D eigenvalue weighted by atomic mass is 10.1. The van der Waals surface area contributed by atoms with Crippen molar-refractivity contribution in [1.29, 1.82) is 0 Å². The van der Waals surface area contributed by atoms with Crippen LogP contribution in [0, 0.1) is 12.8 Å². The van der Waals surface area contributed by atoms with E-state index in [0.29, 0.717) is 16.3 Å². The molecular weight excluding hydrogens is 381 g/mol. The first-order valence-electron chi connectivity index (χ1n) is 8.20. The van der Waals surface area contributed by atoms with Crippen molar-refractivity contribution in [3.8, 4) is 0 Å². The lowest BCUT2D eigenvalue weighted by Crippen LogP contribution is -2.28. The molecule has 1 saturated heterocycles. The number of carbonyl (C=O) groups excluding carboxylic acids is 2. The van der Waals surface area contributed by atoms with Crippen LogP contribution in [0.5, 0.6) is 0 Å². The molecular formula is C19H16ClF3N2O2.